The Balaban J connectivity index is 1.51. The molecule has 0 spiro atoms. The third-order valence-corrected chi connectivity index (χ3v) is 6.71. The van der Waals surface area contributed by atoms with Crippen molar-refractivity contribution in [3.8, 4) is 0 Å². The highest BCUT2D eigenvalue weighted by Gasteiger charge is 2.35. The molecule has 1 aliphatic rings. The minimum absolute atomic E-state index is 0.00791. The van der Waals surface area contributed by atoms with E-state index in [-0.39, 0.29) is 24.1 Å². The van der Waals surface area contributed by atoms with Crippen LogP contribution in [0.25, 0.3) is 0 Å². The minimum Gasteiger partial charge on any atom is -0.465 e. The van der Waals surface area contributed by atoms with Crippen LogP contribution in [0.3, 0.4) is 0 Å². The van der Waals surface area contributed by atoms with E-state index in [1.807, 2.05) is 30.3 Å². The number of carbonyl (C=O) groups is 3. The van der Waals surface area contributed by atoms with Crippen molar-refractivity contribution in [3.05, 3.63) is 95.8 Å². The average Bonchev–Trinajstić information content (AvgIpc) is 2.90. The van der Waals surface area contributed by atoms with Crippen LogP contribution in [0.4, 0.5) is 15.8 Å². The topological polar surface area (TPSA) is 88.1 Å². The molecule has 7 nitrogen and oxygen atoms in total. The molecular formula is C27H24FN3O4S. The van der Waals surface area contributed by atoms with Gasteiger partial charge in [-0.3, -0.25) is 14.5 Å². The first kappa shape index (κ1) is 25.1. The summed E-state index contributed by atoms with van der Waals surface area (Å²) < 4.78 is 18.1. The van der Waals surface area contributed by atoms with Gasteiger partial charge in [-0.2, -0.15) is 0 Å². The molecule has 3 aromatic rings. The van der Waals surface area contributed by atoms with Crippen LogP contribution in [0.2, 0.25) is 0 Å². The summed E-state index contributed by atoms with van der Waals surface area (Å²) in [7, 11) is 1.30. The lowest BCUT2D eigenvalue weighted by molar-refractivity contribution is -0.129. The highest BCUT2D eigenvalue weighted by Crippen LogP contribution is 2.30. The van der Waals surface area contributed by atoms with Crippen molar-refractivity contribution < 1.29 is 23.5 Å². The molecule has 0 aliphatic carbocycles. The zero-order valence-corrected chi connectivity index (χ0v) is 20.3. The van der Waals surface area contributed by atoms with Crippen LogP contribution in [0.5, 0.6) is 0 Å². The molecule has 36 heavy (non-hydrogen) atoms. The summed E-state index contributed by atoms with van der Waals surface area (Å²) in [6.07, 6.45) is 0.632. The number of ether oxygens (including phenoxy) is 1. The number of benzene rings is 3. The molecule has 4 rings (SSSR count). The van der Waals surface area contributed by atoms with Crippen molar-refractivity contribution in [3.63, 3.8) is 0 Å². The molecule has 3 aromatic carbocycles. The van der Waals surface area contributed by atoms with E-state index >= 15 is 0 Å². The fourth-order valence-corrected chi connectivity index (χ4v) is 4.73. The van der Waals surface area contributed by atoms with E-state index in [9.17, 15) is 18.8 Å². The van der Waals surface area contributed by atoms with Crippen LogP contribution < -0.4 is 5.32 Å². The maximum Gasteiger partial charge on any atom is 0.337 e. The lowest BCUT2D eigenvalue weighted by Crippen LogP contribution is -2.46. The number of aliphatic imine (C=N–C) groups is 1. The predicted octanol–water partition coefficient (Wildman–Crippen LogP) is 4.82. The molecule has 1 aliphatic heterocycles. The summed E-state index contributed by atoms with van der Waals surface area (Å²) in [6, 6.07) is 21.7. The standard InChI is InChI=1S/C27H24FN3O4S/c1-35-26(34)19-7-11-21(12-8-19)29-25(33)23-17-24(32)31(16-15-18-5-3-2-4-6-18)27(36-23)30-22-13-9-20(28)10-14-22/h2-14,23H,15-17H2,1H3,(H,29,33). The van der Waals surface area contributed by atoms with Crippen molar-refractivity contribution in [2.24, 2.45) is 4.99 Å². The molecule has 0 aromatic heterocycles. The molecule has 0 bridgehead atoms. The highest BCUT2D eigenvalue weighted by atomic mass is 32.2. The number of halogens is 1. The van der Waals surface area contributed by atoms with Gasteiger partial charge in [0.05, 0.1) is 18.4 Å². The second-order valence-electron chi connectivity index (χ2n) is 8.02. The van der Waals surface area contributed by atoms with Crippen molar-refractivity contribution in [1.29, 1.82) is 0 Å². The molecule has 2 amide bonds. The number of hydrogen-bond donors (Lipinski definition) is 1. The first-order valence-electron chi connectivity index (χ1n) is 11.3. The van der Waals surface area contributed by atoms with Gasteiger partial charge in [-0.1, -0.05) is 42.1 Å². The second kappa shape index (κ2) is 11.6. The maximum atomic E-state index is 13.4. The van der Waals surface area contributed by atoms with Crippen LogP contribution in [0.15, 0.2) is 83.9 Å². The number of nitrogens with one attached hydrogen (secondary N) is 1. The van der Waals surface area contributed by atoms with Crippen LogP contribution in [0.1, 0.15) is 22.3 Å². The molecule has 1 heterocycles. The van der Waals surface area contributed by atoms with E-state index < -0.39 is 11.2 Å². The monoisotopic (exact) mass is 505 g/mol. The van der Waals surface area contributed by atoms with Gasteiger partial charge in [-0.05, 0) is 60.5 Å². The predicted molar refractivity (Wildman–Crippen MR) is 138 cm³/mol. The average molecular weight is 506 g/mol. The van der Waals surface area contributed by atoms with Crippen LogP contribution in [-0.4, -0.2) is 46.8 Å². The Labute approximate surface area is 212 Å². The summed E-state index contributed by atoms with van der Waals surface area (Å²) in [4.78, 5) is 43.9. The van der Waals surface area contributed by atoms with Gasteiger partial charge in [0.2, 0.25) is 11.8 Å². The molecule has 9 heteroatoms. The lowest BCUT2D eigenvalue weighted by Gasteiger charge is -2.32. The molecule has 1 atom stereocenters. The minimum atomic E-state index is -0.704. The molecular weight excluding hydrogens is 481 g/mol. The number of nitrogens with zero attached hydrogens (tertiary/aromatic N) is 2. The van der Waals surface area contributed by atoms with Gasteiger partial charge >= 0.3 is 5.97 Å². The molecule has 1 fully saturated rings. The number of hydrogen-bond acceptors (Lipinski definition) is 6. The molecule has 1 unspecified atom stereocenters. The molecule has 0 radical (unpaired) electrons. The van der Waals surface area contributed by atoms with Crippen LogP contribution in [-0.2, 0) is 20.7 Å². The molecule has 1 N–H and O–H groups in total. The SMILES string of the molecule is COC(=O)c1ccc(NC(=O)C2CC(=O)N(CCc3ccccc3)C(=Nc3ccc(F)cc3)S2)cc1. The van der Waals surface area contributed by atoms with E-state index in [1.54, 1.807) is 29.2 Å². The quantitative estimate of drug-likeness (QED) is 0.466. The first-order valence-corrected chi connectivity index (χ1v) is 12.2. The zero-order chi connectivity index (χ0) is 25.5. The van der Waals surface area contributed by atoms with Gasteiger partial charge in [0.25, 0.3) is 0 Å². The van der Waals surface area contributed by atoms with Crippen molar-refractivity contribution in [2.75, 3.05) is 19.0 Å². The number of rotatable bonds is 7. The van der Waals surface area contributed by atoms with Gasteiger partial charge in [-0.25, -0.2) is 14.2 Å². The van der Waals surface area contributed by atoms with Gasteiger partial charge in [0.1, 0.15) is 11.1 Å². The van der Waals surface area contributed by atoms with Gasteiger partial charge < -0.3 is 10.1 Å². The van der Waals surface area contributed by atoms with Gasteiger partial charge in [-0.15, -0.1) is 0 Å². The summed E-state index contributed by atoms with van der Waals surface area (Å²) in [5, 5.41) is 2.47. The van der Waals surface area contributed by atoms with Crippen molar-refractivity contribution in [1.82, 2.24) is 4.90 Å². The summed E-state index contributed by atoms with van der Waals surface area (Å²) in [6.45, 7) is 0.402. The van der Waals surface area contributed by atoms with Crippen LogP contribution in [0, 0.1) is 5.82 Å². The lowest BCUT2D eigenvalue weighted by atomic mass is 10.1. The highest BCUT2D eigenvalue weighted by molar-refractivity contribution is 8.15. The largest absolute Gasteiger partial charge is 0.465 e. The first-order chi connectivity index (χ1) is 17.4. The Hall–Kier alpha value is -3.98. The number of amidine groups is 1. The van der Waals surface area contributed by atoms with Gasteiger partial charge in [0, 0.05) is 18.7 Å². The molecule has 1 saturated heterocycles. The Bertz CT molecular complexity index is 1260. The number of carbonyl (C=O) groups excluding carboxylic acids is 3. The summed E-state index contributed by atoms with van der Waals surface area (Å²) in [5.74, 6) is -1.43. The Morgan fingerprint density at radius 1 is 1.06 bits per heavy atom. The number of thioether (sulfide) groups is 1. The normalized spacial score (nSPS) is 16.6. The Morgan fingerprint density at radius 3 is 2.42 bits per heavy atom. The number of esters is 1. The van der Waals surface area contributed by atoms with Crippen LogP contribution >= 0.6 is 11.8 Å². The van der Waals surface area contributed by atoms with Crippen molar-refractivity contribution in [2.45, 2.75) is 18.1 Å². The Morgan fingerprint density at radius 2 is 1.75 bits per heavy atom. The number of anilines is 1. The van der Waals surface area contributed by atoms with E-state index in [4.69, 9.17) is 0 Å². The number of methoxy groups -OCH3 is 1. The fourth-order valence-electron chi connectivity index (χ4n) is 3.60. The number of amides is 2. The van der Waals surface area contributed by atoms with E-state index in [1.165, 1.54) is 43.1 Å². The summed E-state index contributed by atoms with van der Waals surface area (Å²) >= 11 is 1.19. The maximum absolute atomic E-state index is 13.4. The molecule has 0 saturated carbocycles. The van der Waals surface area contributed by atoms with Gasteiger partial charge in [0.15, 0.2) is 5.17 Å². The van der Waals surface area contributed by atoms with E-state index in [0.29, 0.717) is 35.1 Å². The zero-order valence-electron chi connectivity index (χ0n) is 19.5. The summed E-state index contributed by atoms with van der Waals surface area (Å²) in [5.41, 5.74) is 2.41. The fraction of sp³-hybridized carbons (Fsp3) is 0.185. The second-order valence-corrected chi connectivity index (χ2v) is 9.19. The molecule has 184 valence electrons. The Kier molecular flexibility index (Phi) is 8.12. The third-order valence-electron chi connectivity index (χ3n) is 5.52. The van der Waals surface area contributed by atoms with E-state index in [0.717, 1.165) is 5.56 Å². The third kappa shape index (κ3) is 6.37. The van der Waals surface area contributed by atoms with Crippen molar-refractivity contribution >= 4 is 46.1 Å². The smallest absolute Gasteiger partial charge is 0.337 e. The van der Waals surface area contributed by atoms with E-state index in [2.05, 4.69) is 15.0 Å².